The number of carboxylic acid groups (broad SMARTS) is 1. The molecule has 102 valence electrons. The van der Waals surface area contributed by atoms with Crippen LogP contribution in [0.4, 0.5) is 5.69 Å². The molecule has 0 atom stereocenters. The highest BCUT2D eigenvalue weighted by Crippen LogP contribution is 2.24. The van der Waals surface area contributed by atoms with Crippen LogP contribution in [0.5, 0.6) is 0 Å². The molecule has 0 unspecified atom stereocenters. The number of hydrogen-bond donors (Lipinski definition) is 3. The molecular weight excluding hydrogens is 330 g/mol. The van der Waals surface area contributed by atoms with Gasteiger partial charge in [-0.3, -0.25) is 9.59 Å². The van der Waals surface area contributed by atoms with Crippen LogP contribution in [0, 0.1) is 0 Å². The van der Waals surface area contributed by atoms with Crippen molar-refractivity contribution in [3.05, 3.63) is 56.7 Å². The molecule has 0 radical (unpaired) electrons. The van der Waals surface area contributed by atoms with E-state index in [9.17, 15) is 14.4 Å². The number of benzene rings is 1. The predicted molar refractivity (Wildman–Crippen MR) is 73.9 cm³/mol. The average molecular weight is 338 g/mol. The first-order valence-corrected chi connectivity index (χ1v) is 6.15. The molecule has 0 aliphatic carbocycles. The minimum atomic E-state index is -1.06. The molecule has 7 nitrogen and oxygen atoms in total. The summed E-state index contributed by atoms with van der Waals surface area (Å²) in [5, 5.41) is 11.4. The van der Waals surface area contributed by atoms with Crippen LogP contribution in [0.2, 0.25) is 0 Å². The second-order valence-electron chi connectivity index (χ2n) is 3.75. The quantitative estimate of drug-likeness (QED) is 0.785. The second kappa shape index (κ2) is 5.66. The number of aromatic carboxylic acids is 1. The van der Waals surface area contributed by atoms with Gasteiger partial charge in [0, 0.05) is 10.7 Å². The summed E-state index contributed by atoms with van der Waals surface area (Å²) in [5.41, 5.74) is 0.123. The van der Waals surface area contributed by atoms with E-state index in [1.165, 1.54) is 24.4 Å². The molecule has 0 aliphatic heterocycles. The Bertz CT molecular complexity index is 721. The van der Waals surface area contributed by atoms with Crippen LogP contribution >= 0.6 is 15.9 Å². The van der Waals surface area contributed by atoms with E-state index in [2.05, 4.69) is 31.2 Å². The van der Waals surface area contributed by atoms with Crippen molar-refractivity contribution in [3.8, 4) is 0 Å². The van der Waals surface area contributed by atoms with E-state index in [-0.39, 0.29) is 11.3 Å². The van der Waals surface area contributed by atoms with Crippen LogP contribution < -0.4 is 10.9 Å². The van der Waals surface area contributed by atoms with Gasteiger partial charge >= 0.3 is 5.97 Å². The first kappa shape index (κ1) is 13.9. The Morgan fingerprint density at radius 1 is 1.35 bits per heavy atom. The molecule has 20 heavy (non-hydrogen) atoms. The lowest BCUT2D eigenvalue weighted by molar-refractivity contribution is 0.0696. The number of nitrogens with one attached hydrogen (secondary N) is 2. The highest BCUT2D eigenvalue weighted by Gasteiger charge is 2.11. The molecule has 0 spiro atoms. The summed E-state index contributed by atoms with van der Waals surface area (Å²) < 4.78 is 0.426. The topological polar surface area (TPSA) is 112 Å². The van der Waals surface area contributed by atoms with Crippen LogP contribution in [0.3, 0.4) is 0 Å². The van der Waals surface area contributed by atoms with Crippen molar-refractivity contribution in [3.63, 3.8) is 0 Å². The normalized spacial score (nSPS) is 10.1. The third-order valence-electron chi connectivity index (χ3n) is 2.37. The lowest BCUT2D eigenvalue weighted by Gasteiger charge is -2.07. The molecule has 2 aromatic rings. The highest BCUT2D eigenvalue weighted by atomic mass is 79.9. The predicted octanol–water partition coefficient (Wildman–Crippen LogP) is 1.48. The standard InChI is InChI=1S/C12H8BrN3O4/c13-7-3-6(12(19)20)1-2-8(7)16-11(18)9-4-15-10(17)5-14-9/h1-5H,(H,15,17)(H,16,18)(H,19,20). The smallest absolute Gasteiger partial charge is 0.335 e. The molecule has 2 rings (SSSR count). The highest BCUT2D eigenvalue weighted by molar-refractivity contribution is 9.10. The van der Waals surface area contributed by atoms with Crippen LogP contribution in [-0.2, 0) is 0 Å². The minimum Gasteiger partial charge on any atom is -0.478 e. The van der Waals surface area contributed by atoms with Gasteiger partial charge < -0.3 is 15.4 Å². The molecular formula is C12H8BrN3O4. The van der Waals surface area contributed by atoms with Crippen LogP contribution in [0.25, 0.3) is 0 Å². The maximum absolute atomic E-state index is 11.9. The van der Waals surface area contributed by atoms with Gasteiger partial charge in [-0.25, -0.2) is 9.78 Å². The van der Waals surface area contributed by atoms with E-state index < -0.39 is 17.4 Å². The summed E-state index contributed by atoms with van der Waals surface area (Å²) in [7, 11) is 0. The van der Waals surface area contributed by atoms with Crippen molar-refractivity contribution in [1.82, 2.24) is 9.97 Å². The Morgan fingerprint density at radius 2 is 2.10 bits per heavy atom. The van der Waals surface area contributed by atoms with E-state index >= 15 is 0 Å². The van der Waals surface area contributed by atoms with E-state index in [1.807, 2.05) is 0 Å². The molecule has 1 heterocycles. The summed E-state index contributed by atoms with van der Waals surface area (Å²) in [6, 6.07) is 4.19. The van der Waals surface area contributed by atoms with Gasteiger partial charge in [0.15, 0.2) is 0 Å². The fourth-order valence-corrected chi connectivity index (χ4v) is 1.88. The maximum atomic E-state index is 11.9. The first-order valence-electron chi connectivity index (χ1n) is 5.36. The molecule has 0 fully saturated rings. The van der Waals surface area contributed by atoms with Crippen molar-refractivity contribution in [2.75, 3.05) is 5.32 Å². The fraction of sp³-hybridized carbons (Fsp3) is 0. The van der Waals surface area contributed by atoms with E-state index in [4.69, 9.17) is 5.11 Å². The zero-order valence-corrected chi connectivity index (χ0v) is 11.5. The number of anilines is 1. The summed E-state index contributed by atoms with van der Waals surface area (Å²) in [4.78, 5) is 39.5. The largest absolute Gasteiger partial charge is 0.478 e. The number of rotatable bonds is 3. The zero-order chi connectivity index (χ0) is 14.7. The Labute approximate surface area is 120 Å². The summed E-state index contributed by atoms with van der Waals surface area (Å²) in [6.07, 6.45) is 2.19. The first-order chi connectivity index (χ1) is 9.47. The van der Waals surface area contributed by atoms with Gasteiger partial charge in [-0.1, -0.05) is 0 Å². The number of carboxylic acids is 1. The average Bonchev–Trinajstić information content (AvgIpc) is 2.41. The van der Waals surface area contributed by atoms with Gasteiger partial charge in [-0.15, -0.1) is 0 Å². The van der Waals surface area contributed by atoms with Crippen LogP contribution in [0.1, 0.15) is 20.8 Å². The summed E-state index contributed by atoms with van der Waals surface area (Å²) >= 11 is 3.17. The van der Waals surface area contributed by atoms with Crippen LogP contribution in [-0.4, -0.2) is 27.0 Å². The number of carbonyl (C=O) groups excluding carboxylic acids is 1. The Kier molecular flexibility index (Phi) is 3.94. The number of H-pyrrole nitrogens is 1. The van der Waals surface area contributed by atoms with Gasteiger partial charge in [-0.2, -0.15) is 0 Å². The number of hydrogen-bond acceptors (Lipinski definition) is 4. The van der Waals surface area contributed by atoms with E-state index in [0.717, 1.165) is 6.20 Å². The monoisotopic (exact) mass is 337 g/mol. The van der Waals surface area contributed by atoms with E-state index in [0.29, 0.717) is 10.2 Å². The number of aromatic nitrogens is 2. The summed E-state index contributed by atoms with van der Waals surface area (Å²) in [6.45, 7) is 0. The number of halogens is 1. The van der Waals surface area contributed by atoms with Gasteiger partial charge in [0.25, 0.3) is 11.5 Å². The second-order valence-corrected chi connectivity index (χ2v) is 4.60. The lowest BCUT2D eigenvalue weighted by Crippen LogP contribution is -2.17. The molecule has 0 aliphatic rings. The summed E-state index contributed by atoms with van der Waals surface area (Å²) in [5.74, 6) is -1.59. The maximum Gasteiger partial charge on any atom is 0.335 e. The third-order valence-corrected chi connectivity index (χ3v) is 3.02. The molecule has 0 saturated carbocycles. The van der Waals surface area contributed by atoms with Crippen molar-refractivity contribution >= 4 is 33.5 Å². The Morgan fingerprint density at radius 3 is 2.65 bits per heavy atom. The molecule has 1 aromatic heterocycles. The minimum absolute atomic E-state index is 0.0406. The van der Waals surface area contributed by atoms with Gasteiger partial charge in [-0.05, 0) is 34.1 Å². The fourth-order valence-electron chi connectivity index (χ4n) is 1.40. The molecule has 1 amide bonds. The van der Waals surface area contributed by atoms with Gasteiger partial charge in [0.2, 0.25) is 0 Å². The Hall–Kier alpha value is -2.48. The number of aromatic amines is 1. The Balaban J connectivity index is 2.21. The van der Waals surface area contributed by atoms with Crippen molar-refractivity contribution in [2.24, 2.45) is 0 Å². The van der Waals surface area contributed by atoms with Crippen molar-refractivity contribution in [1.29, 1.82) is 0 Å². The van der Waals surface area contributed by atoms with E-state index in [1.54, 1.807) is 0 Å². The molecule has 1 aromatic carbocycles. The molecule has 0 bridgehead atoms. The molecule has 3 N–H and O–H groups in total. The number of carbonyl (C=O) groups is 2. The molecule has 8 heteroatoms. The van der Waals surface area contributed by atoms with Gasteiger partial charge in [0.1, 0.15) is 5.69 Å². The van der Waals surface area contributed by atoms with Gasteiger partial charge in [0.05, 0.1) is 17.4 Å². The van der Waals surface area contributed by atoms with Crippen molar-refractivity contribution < 1.29 is 14.7 Å². The third kappa shape index (κ3) is 3.09. The lowest BCUT2D eigenvalue weighted by atomic mass is 10.2. The van der Waals surface area contributed by atoms with Crippen molar-refractivity contribution in [2.45, 2.75) is 0 Å². The zero-order valence-electron chi connectivity index (χ0n) is 9.88. The SMILES string of the molecule is O=C(O)c1ccc(NC(=O)c2c[nH]c(=O)cn2)c(Br)c1. The van der Waals surface area contributed by atoms with Crippen LogP contribution in [0.15, 0.2) is 39.9 Å². The number of amides is 1. The molecule has 0 saturated heterocycles. The number of nitrogens with zero attached hydrogens (tertiary/aromatic N) is 1.